The van der Waals surface area contributed by atoms with E-state index in [2.05, 4.69) is 16.0 Å². The number of benzene rings is 3. The van der Waals surface area contributed by atoms with Gasteiger partial charge in [-0.1, -0.05) is 110 Å². The fraction of sp³-hybridized carbons (Fsp3) is 0.310. The van der Waals surface area contributed by atoms with E-state index in [-0.39, 0.29) is 12.6 Å². The first-order chi connectivity index (χ1) is 17.2. The number of ether oxygens (including phenoxy) is 1. The molecule has 0 spiro atoms. The number of alkyl carbamates (subject to hydrolysis) is 1. The maximum Gasteiger partial charge on any atom is 0.408 e. The molecule has 4 rings (SSSR count). The van der Waals surface area contributed by atoms with Crippen LogP contribution in [-0.2, 0) is 11.3 Å². The predicted molar refractivity (Wildman–Crippen MR) is 144 cm³/mol. The van der Waals surface area contributed by atoms with E-state index in [0.717, 1.165) is 29.5 Å². The topological polar surface area (TPSA) is 62.4 Å². The second kappa shape index (κ2) is 12.9. The molecule has 0 bridgehead atoms. The number of carbonyl (C=O) groups excluding carboxylic acids is 1. The van der Waals surface area contributed by atoms with Crippen molar-refractivity contribution in [3.05, 3.63) is 108 Å². The summed E-state index contributed by atoms with van der Waals surface area (Å²) in [7, 11) is 0. The Kier molecular flexibility index (Phi) is 9.12. The lowest BCUT2D eigenvalue weighted by Gasteiger charge is -2.32. The van der Waals surface area contributed by atoms with E-state index >= 15 is 0 Å². The Morgan fingerprint density at radius 1 is 0.771 bits per heavy atom. The van der Waals surface area contributed by atoms with Gasteiger partial charge < -0.3 is 20.7 Å². The van der Waals surface area contributed by atoms with Crippen LogP contribution in [0, 0.1) is 0 Å². The van der Waals surface area contributed by atoms with Crippen molar-refractivity contribution in [1.82, 2.24) is 16.0 Å². The minimum Gasteiger partial charge on any atom is -0.445 e. The van der Waals surface area contributed by atoms with E-state index < -0.39 is 12.1 Å². The minimum absolute atomic E-state index is 0.208. The summed E-state index contributed by atoms with van der Waals surface area (Å²) in [6.07, 6.45) is 5.52. The van der Waals surface area contributed by atoms with Crippen molar-refractivity contribution in [2.24, 2.45) is 0 Å². The zero-order valence-corrected chi connectivity index (χ0v) is 20.7. The van der Waals surface area contributed by atoms with Crippen molar-refractivity contribution in [1.29, 1.82) is 0 Å². The van der Waals surface area contributed by atoms with E-state index in [9.17, 15) is 4.79 Å². The normalized spacial score (nSPS) is 15.4. The van der Waals surface area contributed by atoms with Crippen molar-refractivity contribution in [3.8, 4) is 0 Å². The average Bonchev–Trinajstić information content (AvgIpc) is 2.91. The predicted octanol–water partition coefficient (Wildman–Crippen LogP) is 6.19. The van der Waals surface area contributed by atoms with Crippen LogP contribution in [0.15, 0.2) is 91.0 Å². The standard InChI is InChI=1S/C29H33N3O2S/c33-29(34-21-22-13-5-1-6-14-22)32-27(24-17-9-3-10-18-24)26(23-15-7-2-8-16-23)31-28(35)30-25-19-11-4-12-20-25/h1-3,5-10,13-18,25-27H,4,11-12,19-21H2,(H,32,33)(H2,30,31,35)/t26-,27-/m0/s1. The van der Waals surface area contributed by atoms with Crippen molar-refractivity contribution in [3.63, 3.8) is 0 Å². The van der Waals surface area contributed by atoms with Crippen LogP contribution in [0.5, 0.6) is 0 Å². The summed E-state index contributed by atoms with van der Waals surface area (Å²) in [6, 6.07) is 29.4. The maximum atomic E-state index is 12.9. The molecule has 1 fully saturated rings. The fourth-order valence-corrected chi connectivity index (χ4v) is 4.84. The van der Waals surface area contributed by atoms with Crippen molar-refractivity contribution < 1.29 is 9.53 Å². The Bertz CT molecular complexity index is 1060. The van der Waals surface area contributed by atoms with Crippen molar-refractivity contribution in [2.45, 2.75) is 56.8 Å². The summed E-state index contributed by atoms with van der Waals surface area (Å²) < 4.78 is 5.57. The molecule has 0 aromatic heterocycles. The Hall–Kier alpha value is -3.38. The van der Waals surface area contributed by atoms with Gasteiger partial charge in [0.1, 0.15) is 6.61 Å². The number of nitrogens with one attached hydrogen (secondary N) is 3. The number of thiocarbonyl (C=S) groups is 1. The zero-order chi connectivity index (χ0) is 24.3. The van der Waals surface area contributed by atoms with Gasteiger partial charge in [0.05, 0.1) is 12.1 Å². The first kappa shape index (κ1) is 24.7. The smallest absolute Gasteiger partial charge is 0.408 e. The highest BCUT2D eigenvalue weighted by atomic mass is 32.1. The summed E-state index contributed by atoms with van der Waals surface area (Å²) in [5.74, 6) is 0. The molecule has 6 heteroatoms. The van der Waals surface area contributed by atoms with Crippen molar-refractivity contribution in [2.75, 3.05) is 0 Å². The van der Waals surface area contributed by atoms with Gasteiger partial charge in [-0.3, -0.25) is 0 Å². The maximum absolute atomic E-state index is 12.9. The van der Waals surface area contributed by atoms with Crippen LogP contribution in [-0.4, -0.2) is 17.2 Å². The highest BCUT2D eigenvalue weighted by Gasteiger charge is 2.28. The van der Waals surface area contributed by atoms with E-state index in [1.165, 1.54) is 19.3 Å². The third-order valence-electron chi connectivity index (χ3n) is 6.36. The Labute approximate surface area is 213 Å². The summed E-state index contributed by atoms with van der Waals surface area (Å²) in [5, 5.41) is 10.7. The monoisotopic (exact) mass is 487 g/mol. The number of hydrogen-bond donors (Lipinski definition) is 3. The van der Waals surface area contributed by atoms with Crippen LogP contribution in [0.2, 0.25) is 0 Å². The van der Waals surface area contributed by atoms with Gasteiger partial charge in [-0.05, 0) is 41.7 Å². The lowest BCUT2D eigenvalue weighted by atomic mass is 9.93. The van der Waals surface area contributed by atoms with Crippen LogP contribution in [0.4, 0.5) is 4.79 Å². The molecule has 0 heterocycles. The first-order valence-corrected chi connectivity index (χ1v) is 12.7. The molecular weight excluding hydrogens is 454 g/mol. The van der Waals surface area contributed by atoms with Crippen molar-refractivity contribution >= 4 is 23.4 Å². The van der Waals surface area contributed by atoms with E-state index in [0.29, 0.717) is 11.2 Å². The molecule has 1 saturated carbocycles. The van der Waals surface area contributed by atoms with Crippen LogP contribution >= 0.6 is 12.2 Å². The molecule has 0 aliphatic heterocycles. The van der Waals surface area contributed by atoms with E-state index in [4.69, 9.17) is 17.0 Å². The quantitative estimate of drug-likeness (QED) is 0.331. The van der Waals surface area contributed by atoms with Gasteiger partial charge in [-0.15, -0.1) is 0 Å². The summed E-state index contributed by atoms with van der Waals surface area (Å²) in [6.45, 7) is 0.208. The van der Waals surface area contributed by atoms with Crippen LogP contribution < -0.4 is 16.0 Å². The van der Waals surface area contributed by atoms with Gasteiger partial charge >= 0.3 is 6.09 Å². The second-order valence-corrected chi connectivity index (χ2v) is 9.34. The van der Waals surface area contributed by atoms with Crippen LogP contribution in [0.1, 0.15) is 60.9 Å². The van der Waals surface area contributed by atoms with E-state index in [1.807, 2.05) is 91.0 Å². The third-order valence-corrected chi connectivity index (χ3v) is 6.60. The molecule has 35 heavy (non-hydrogen) atoms. The molecule has 0 unspecified atom stereocenters. The Morgan fingerprint density at radius 2 is 1.29 bits per heavy atom. The molecule has 1 amide bonds. The van der Waals surface area contributed by atoms with Gasteiger partial charge in [0.25, 0.3) is 0 Å². The Balaban J connectivity index is 1.53. The number of carbonyl (C=O) groups is 1. The summed E-state index contributed by atoms with van der Waals surface area (Å²) in [4.78, 5) is 12.9. The first-order valence-electron chi connectivity index (χ1n) is 12.3. The molecule has 3 N–H and O–H groups in total. The van der Waals surface area contributed by atoms with Gasteiger partial charge in [-0.25, -0.2) is 4.79 Å². The van der Waals surface area contributed by atoms with E-state index in [1.54, 1.807) is 0 Å². The molecule has 182 valence electrons. The van der Waals surface area contributed by atoms with Gasteiger partial charge in [-0.2, -0.15) is 0 Å². The molecule has 3 aromatic carbocycles. The molecule has 3 aromatic rings. The van der Waals surface area contributed by atoms with Gasteiger partial charge in [0, 0.05) is 6.04 Å². The highest BCUT2D eigenvalue weighted by Crippen LogP contribution is 2.29. The Morgan fingerprint density at radius 3 is 1.86 bits per heavy atom. The third kappa shape index (κ3) is 7.55. The van der Waals surface area contributed by atoms with Gasteiger partial charge in [0.15, 0.2) is 5.11 Å². The number of hydrogen-bond acceptors (Lipinski definition) is 3. The molecule has 5 nitrogen and oxygen atoms in total. The van der Waals surface area contributed by atoms with Crippen LogP contribution in [0.3, 0.4) is 0 Å². The molecular formula is C29H33N3O2S. The SMILES string of the molecule is O=C(N[C@@H](c1ccccc1)[C@@H](NC(=S)NC1CCCCC1)c1ccccc1)OCc1ccccc1. The summed E-state index contributed by atoms with van der Waals surface area (Å²) >= 11 is 5.74. The molecule has 0 saturated heterocycles. The summed E-state index contributed by atoms with van der Waals surface area (Å²) in [5.41, 5.74) is 2.93. The fourth-order valence-electron chi connectivity index (χ4n) is 4.55. The molecule has 1 aliphatic carbocycles. The second-order valence-electron chi connectivity index (χ2n) is 8.94. The number of amides is 1. The van der Waals surface area contributed by atoms with Gasteiger partial charge in [0.2, 0.25) is 0 Å². The lowest BCUT2D eigenvalue weighted by molar-refractivity contribution is 0.133. The largest absolute Gasteiger partial charge is 0.445 e. The molecule has 2 atom stereocenters. The lowest BCUT2D eigenvalue weighted by Crippen LogP contribution is -2.47. The minimum atomic E-state index is -0.475. The highest BCUT2D eigenvalue weighted by molar-refractivity contribution is 7.80. The zero-order valence-electron chi connectivity index (χ0n) is 19.9. The molecule has 1 aliphatic rings. The molecule has 0 radical (unpaired) electrons. The average molecular weight is 488 g/mol. The van der Waals surface area contributed by atoms with Crippen LogP contribution in [0.25, 0.3) is 0 Å². The number of rotatable bonds is 8.